The number of aliphatic carboxylic acids is 1. The molecule has 4 unspecified atom stereocenters. The predicted molar refractivity (Wildman–Crippen MR) is 77.9 cm³/mol. The quantitative estimate of drug-likeness (QED) is 0.621. The van der Waals surface area contributed by atoms with Crippen LogP contribution in [0.3, 0.4) is 0 Å². The molecule has 6 heteroatoms. The molecule has 21 heavy (non-hydrogen) atoms. The molecular formula is C15H26N2O4. The van der Waals surface area contributed by atoms with Gasteiger partial charge in [0.05, 0.1) is 12.5 Å². The lowest BCUT2D eigenvalue weighted by Crippen LogP contribution is -2.50. The van der Waals surface area contributed by atoms with Crippen LogP contribution in [0.1, 0.15) is 33.1 Å². The second-order valence-electron chi connectivity index (χ2n) is 6.59. The fourth-order valence-electron chi connectivity index (χ4n) is 3.61. The van der Waals surface area contributed by atoms with E-state index in [9.17, 15) is 14.7 Å². The van der Waals surface area contributed by atoms with Crippen LogP contribution in [0.25, 0.3) is 0 Å². The first-order valence-corrected chi connectivity index (χ1v) is 7.84. The topological polar surface area (TPSA) is 87.7 Å². The van der Waals surface area contributed by atoms with Gasteiger partial charge in [-0.05, 0) is 37.0 Å². The van der Waals surface area contributed by atoms with E-state index in [1.54, 1.807) is 0 Å². The fraction of sp³-hybridized carbons (Fsp3) is 0.867. The van der Waals surface area contributed by atoms with Gasteiger partial charge in [0.15, 0.2) is 0 Å². The molecule has 2 rings (SSSR count). The fourth-order valence-corrected chi connectivity index (χ4v) is 3.61. The number of fused-ring (bicyclic) bond motifs is 2. The highest BCUT2D eigenvalue weighted by atomic mass is 16.5. The summed E-state index contributed by atoms with van der Waals surface area (Å²) >= 11 is 0. The van der Waals surface area contributed by atoms with E-state index in [1.165, 1.54) is 0 Å². The Balaban J connectivity index is 1.71. The molecule has 2 amide bonds. The number of carbonyl (C=O) groups excluding carboxylic acids is 1. The molecule has 0 spiro atoms. The number of nitrogens with one attached hydrogen (secondary N) is 2. The van der Waals surface area contributed by atoms with Gasteiger partial charge < -0.3 is 20.5 Å². The van der Waals surface area contributed by atoms with Crippen molar-refractivity contribution in [3.8, 4) is 0 Å². The van der Waals surface area contributed by atoms with Crippen LogP contribution in [0.15, 0.2) is 0 Å². The Hall–Kier alpha value is -1.30. The molecule has 2 fully saturated rings. The van der Waals surface area contributed by atoms with Crippen LogP contribution in [-0.2, 0) is 9.53 Å². The average molecular weight is 298 g/mol. The summed E-state index contributed by atoms with van der Waals surface area (Å²) in [5.74, 6) is -0.185. The van der Waals surface area contributed by atoms with Crippen LogP contribution < -0.4 is 10.6 Å². The van der Waals surface area contributed by atoms with Crippen LogP contribution in [0.2, 0.25) is 0 Å². The van der Waals surface area contributed by atoms with Gasteiger partial charge in [-0.2, -0.15) is 0 Å². The normalized spacial score (nSPS) is 30.6. The van der Waals surface area contributed by atoms with Crippen molar-refractivity contribution >= 4 is 12.0 Å². The van der Waals surface area contributed by atoms with Gasteiger partial charge in [0, 0.05) is 19.2 Å². The number of amides is 2. The lowest BCUT2D eigenvalue weighted by molar-refractivity contribution is -0.144. The van der Waals surface area contributed by atoms with Crippen molar-refractivity contribution in [1.82, 2.24) is 10.6 Å². The number of hydrogen-bond donors (Lipinski definition) is 3. The van der Waals surface area contributed by atoms with Gasteiger partial charge >= 0.3 is 12.0 Å². The van der Waals surface area contributed by atoms with Gasteiger partial charge in [0.2, 0.25) is 0 Å². The highest BCUT2D eigenvalue weighted by Crippen LogP contribution is 2.48. The first kappa shape index (κ1) is 16.1. The Kier molecular flexibility index (Phi) is 5.45. The van der Waals surface area contributed by atoms with E-state index in [0.29, 0.717) is 31.6 Å². The lowest BCUT2D eigenvalue weighted by atomic mass is 9.84. The maximum Gasteiger partial charge on any atom is 0.315 e. The van der Waals surface area contributed by atoms with Crippen LogP contribution in [0.5, 0.6) is 0 Å². The zero-order valence-corrected chi connectivity index (χ0v) is 12.8. The molecule has 4 atom stereocenters. The number of ether oxygens (including phenoxy) is 1. The molecule has 0 aromatic heterocycles. The summed E-state index contributed by atoms with van der Waals surface area (Å²) in [6, 6.07) is -0.509. The summed E-state index contributed by atoms with van der Waals surface area (Å²) in [6.45, 7) is 5.74. The van der Waals surface area contributed by atoms with E-state index in [2.05, 4.69) is 24.5 Å². The molecule has 2 aliphatic carbocycles. The molecule has 2 saturated carbocycles. The van der Waals surface area contributed by atoms with Crippen molar-refractivity contribution in [1.29, 1.82) is 0 Å². The van der Waals surface area contributed by atoms with Crippen molar-refractivity contribution in [2.45, 2.75) is 39.2 Å². The monoisotopic (exact) mass is 298 g/mol. The molecule has 6 nitrogen and oxygen atoms in total. The largest absolute Gasteiger partial charge is 0.481 e. The van der Waals surface area contributed by atoms with Crippen LogP contribution in [-0.4, -0.2) is 42.9 Å². The van der Waals surface area contributed by atoms with Crippen LogP contribution in [0, 0.1) is 23.7 Å². The van der Waals surface area contributed by atoms with E-state index in [0.717, 1.165) is 19.3 Å². The average Bonchev–Trinajstić information content (AvgIpc) is 2.98. The molecule has 0 aliphatic heterocycles. The summed E-state index contributed by atoms with van der Waals surface area (Å²) in [6.07, 6.45) is 2.93. The highest BCUT2D eigenvalue weighted by molar-refractivity contribution is 5.77. The minimum atomic E-state index is -0.784. The van der Waals surface area contributed by atoms with E-state index in [4.69, 9.17) is 4.74 Å². The summed E-state index contributed by atoms with van der Waals surface area (Å²) in [4.78, 5) is 23.2. The van der Waals surface area contributed by atoms with Gasteiger partial charge in [-0.25, -0.2) is 4.79 Å². The van der Waals surface area contributed by atoms with Gasteiger partial charge in [-0.15, -0.1) is 0 Å². The molecule has 0 radical (unpaired) electrons. The highest BCUT2D eigenvalue weighted by Gasteiger charge is 2.51. The molecule has 3 N–H and O–H groups in total. The van der Waals surface area contributed by atoms with Crippen molar-refractivity contribution < 1.29 is 19.4 Å². The Morgan fingerprint density at radius 1 is 1.29 bits per heavy atom. The number of carboxylic acid groups (broad SMARTS) is 1. The number of hydrogen-bond acceptors (Lipinski definition) is 3. The first-order chi connectivity index (χ1) is 9.99. The summed E-state index contributed by atoms with van der Waals surface area (Å²) in [5.41, 5.74) is 0. The van der Waals surface area contributed by atoms with Crippen molar-refractivity contribution in [3.63, 3.8) is 0 Å². The van der Waals surface area contributed by atoms with E-state index >= 15 is 0 Å². The Labute approximate surface area is 125 Å². The summed E-state index contributed by atoms with van der Waals surface area (Å²) < 4.78 is 5.39. The Bertz CT molecular complexity index is 386. The number of rotatable bonds is 7. The third-order valence-corrected chi connectivity index (χ3v) is 4.48. The van der Waals surface area contributed by atoms with Gasteiger partial charge in [-0.3, -0.25) is 4.79 Å². The zero-order valence-electron chi connectivity index (χ0n) is 12.8. The molecule has 120 valence electrons. The maximum absolute atomic E-state index is 11.9. The lowest BCUT2D eigenvalue weighted by Gasteiger charge is -2.28. The molecular weight excluding hydrogens is 272 g/mol. The number of carbonyl (C=O) groups is 2. The predicted octanol–water partition coefficient (Wildman–Crippen LogP) is 1.46. The SMILES string of the molecule is CC(C)COCCNC(=O)NC1C2CCC(C2)C1C(=O)O. The molecule has 2 aliphatic rings. The summed E-state index contributed by atoms with van der Waals surface area (Å²) in [7, 11) is 0. The second kappa shape index (κ2) is 7.11. The number of urea groups is 1. The van der Waals surface area contributed by atoms with Gasteiger partial charge in [0.25, 0.3) is 0 Å². The van der Waals surface area contributed by atoms with Crippen molar-refractivity contribution in [2.75, 3.05) is 19.8 Å². The smallest absolute Gasteiger partial charge is 0.315 e. The molecule has 0 aromatic rings. The zero-order chi connectivity index (χ0) is 15.4. The van der Waals surface area contributed by atoms with Gasteiger partial charge in [-0.1, -0.05) is 13.8 Å². The van der Waals surface area contributed by atoms with Crippen molar-refractivity contribution in [2.24, 2.45) is 23.7 Å². The van der Waals surface area contributed by atoms with E-state index < -0.39 is 11.9 Å². The standard InChI is InChI=1S/C15H26N2O4/c1-9(2)8-21-6-5-16-15(20)17-13-11-4-3-10(7-11)12(13)14(18)19/h9-13H,3-8H2,1-2H3,(H,18,19)(H2,16,17,20). The van der Waals surface area contributed by atoms with E-state index in [1.807, 2.05) is 0 Å². The molecule has 0 aromatic carbocycles. The second-order valence-corrected chi connectivity index (χ2v) is 6.59. The first-order valence-electron chi connectivity index (χ1n) is 7.84. The van der Waals surface area contributed by atoms with Gasteiger partial charge in [0.1, 0.15) is 0 Å². The Morgan fingerprint density at radius 2 is 2.00 bits per heavy atom. The minimum absolute atomic E-state index is 0.224. The maximum atomic E-state index is 11.9. The third-order valence-electron chi connectivity index (χ3n) is 4.48. The summed E-state index contributed by atoms with van der Waals surface area (Å²) in [5, 5.41) is 14.9. The molecule has 0 saturated heterocycles. The number of carboxylic acids is 1. The third kappa shape index (κ3) is 4.09. The molecule has 0 heterocycles. The van der Waals surface area contributed by atoms with Crippen LogP contribution in [0.4, 0.5) is 4.79 Å². The molecule has 2 bridgehead atoms. The van der Waals surface area contributed by atoms with E-state index in [-0.39, 0.29) is 18.0 Å². The van der Waals surface area contributed by atoms with Crippen molar-refractivity contribution in [3.05, 3.63) is 0 Å². The Morgan fingerprint density at radius 3 is 2.67 bits per heavy atom. The van der Waals surface area contributed by atoms with Crippen LogP contribution >= 0.6 is 0 Å². The minimum Gasteiger partial charge on any atom is -0.481 e.